The van der Waals surface area contributed by atoms with E-state index in [0.29, 0.717) is 12.2 Å². The lowest BCUT2D eigenvalue weighted by Gasteiger charge is -2.10. The molecule has 0 aliphatic carbocycles. The van der Waals surface area contributed by atoms with E-state index in [1.54, 1.807) is 6.07 Å². The number of carbonyl (C=O) groups is 3. The standard InChI is InChI=1S/C19H15NO4/c21-17(11-18(22)19(23)24)16-10-14-8-4-5-9-15(14)20(16)12-13-6-2-1-3-7-13/h1-10H,11-12H2,(H,23,24). The van der Waals surface area contributed by atoms with E-state index in [1.165, 1.54) is 0 Å². The SMILES string of the molecule is O=C(O)C(=O)CC(=O)c1cc2ccccc2n1Cc1ccccc1. The summed E-state index contributed by atoms with van der Waals surface area (Å²) < 4.78 is 1.82. The highest BCUT2D eigenvalue weighted by Crippen LogP contribution is 2.22. The van der Waals surface area contributed by atoms with Crippen molar-refractivity contribution >= 4 is 28.4 Å². The number of para-hydroxylation sites is 1. The number of ketones is 2. The second kappa shape index (κ2) is 6.50. The van der Waals surface area contributed by atoms with Crippen molar-refractivity contribution in [1.82, 2.24) is 4.57 Å². The maximum absolute atomic E-state index is 12.4. The van der Waals surface area contributed by atoms with Gasteiger partial charge in [-0.15, -0.1) is 0 Å². The van der Waals surface area contributed by atoms with Crippen LogP contribution >= 0.6 is 0 Å². The number of benzene rings is 2. The zero-order valence-electron chi connectivity index (χ0n) is 12.8. The average molecular weight is 321 g/mol. The van der Waals surface area contributed by atoms with Gasteiger partial charge in [-0.1, -0.05) is 48.5 Å². The number of aliphatic carboxylic acids is 1. The molecule has 5 heteroatoms. The van der Waals surface area contributed by atoms with Gasteiger partial charge in [0.1, 0.15) is 0 Å². The van der Waals surface area contributed by atoms with Crippen molar-refractivity contribution in [1.29, 1.82) is 0 Å². The molecule has 3 rings (SSSR count). The van der Waals surface area contributed by atoms with Crippen molar-refractivity contribution in [3.05, 3.63) is 71.9 Å². The highest BCUT2D eigenvalue weighted by atomic mass is 16.4. The number of Topliss-reactive ketones (excluding diaryl/α,β-unsaturated/α-hetero) is 2. The van der Waals surface area contributed by atoms with Crippen LogP contribution in [0.5, 0.6) is 0 Å². The third-order valence-corrected chi connectivity index (χ3v) is 3.84. The van der Waals surface area contributed by atoms with E-state index in [-0.39, 0.29) is 0 Å². The van der Waals surface area contributed by atoms with E-state index < -0.39 is 24.0 Å². The summed E-state index contributed by atoms with van der Waals surface area (Å²) in [7, 11) is 0. The third kappa shape index (κ3) is 3.10. The van der Waals surface area contributed by atoms with E-state index in [1.807, 2.05) is 59.2 Å². The van der Waals surface area contributed by atoms with Crippen LogP contribution in [0.4, 0.5) is 0 Å². The van der Waals surface area contributed by atoms with Crippen LogP contribution in [0.15, 0.2) is 60.7 Å². The Labute approximate surface area is 138 Å². The van der Waals surface area contributed by atoms with Gasteiger partial charge in [0.05, 0.1) is 12.1 Å². The van der Waals surface area contributed by atoms with Crippen molar-refractivity contribution in [3.63, 3.8) is 0 Å². The van der Waals surface area contributed by atoms with Crippen molar-refractivity contribution in [2.75, 3.05) is 0 Å². The predicted molar refractivity (Wildman–Crippen MR) is 89.1 cm³/mol. The molecule has 0 atom stereocenters. The summed E-state index contributed by atoms with van der Waals surface area (Å²) in [5, 5.41) is 9.59. The molecule has 0 fully saturated rings. The molecule has 0 saturated carbocycles. The molecule has 2 aromatic carbocycles. The number of aromatic nitrogens is 1. The predicted octanol–water partition coefficient (Wildman–Crippen LogP) is 2.92. The van der Waals surface area contributed by atoms with Crippen molar-refractivity contribution < 1.29 is 19.5 Å². The topological polar surface area (TPSA) is 76.4 Å². The highest BCUT2D eigenvalue weighted by molar-refractivity contribution is 6.37. The molecule has 1 heterocycles. The molecule has 5 nitrogen and oxygen atoms in total. The minimum atomic E-state index is -1.59. The Hall–Kier alpha value is -3.21. The lowest BCUT2D eigenvalue weighted by atomic mass is 10.1. The molecule has 120 valence electrons. The van der Waals surface area contributed by atoms with Gasteiger partial charge in [-0.2, -0.15) is 0 Å². The number of rotatable bonds is 6. The minimum Gasteiger partial charge on any atom is -0.475 e. The molecule has 3 aromatic rings. The molecule has 0 amide bonds. The van der Waals surface area contributed by atoms with Gasteiger partial charge < -0.3 is 9.67 Å². The number of hydrogen-bond acceptors (Lipinski definition) is 3. The Bertz CT molecular complexity index is 925. The van der Waals surface area contributed by atoms with Gasteiger partial charge in [0, 0.05) is 17.4 Å². The van der Waals surface area contributed by atoms with Crippen LogP contribution < -0.4 is 0 Å². The second-order valence-electron chi connectivity index (χ2n) is 5.49. The first-order valence-corrected chi connectivity index (χ1v) is 7.48. The van der Waals surface area contributed by atoms with Crippen LogP contribution in [0.1, 0.15) is 22.5 Å². The van der Waals surface area contributed by atoms with Gasteiger partial charge >= 0.3 is 5.97 Å². The monoisotopic (exact) mass is 321 g/mol. The number of nitrogens with zero attached hydrogens (tertiary/aromatic N) is 1. The highest BCUT2D eigenvalue weighted by Gasteiger charge is 2.21. The van der Waals surface area contributed by atoms with Gasteiger partial charge in [-0.25, -0.2) is 4.79 Å². The zero-order valence-corrected chi connectivity index (χ0v) is 12.8. The van der Waals surface area contributed by atoms with Crippen LogP contribution in [-0.4, -0.2) is 27.2 Å². The first kappa shape index (κ1) is 15.7. The number of carboxylic acids is 1. The lowest BCUT2D eigenvalue weighted by Crippen LogP contribution is -2.19. The Kier molecular flexibility index (Phi) is 4.24. The normalized spacial score (nSPS) is 10.7. The molecule has 1 aromatic heterocycles. The van der Waals surface area contributed by atoms with Crippen LogP contribution in [0.2, 0.25) is 0 Å². The Morgan fingerprint density at radius 2 is 1.58 bits per heavy atom. The largest absolute Gasteiger partial charge is 0.475 e. The Balaban J connectivity index is 2.03. The molecule has 0 radical (unpaired) electrons. The first-order valence-electron chi connectivity index (χ1n) is 7.48. The molecular weight excluding hydrogens is 306 g/mol. The van der Waals surface area contributed by atoms with Crippen LogP contribution in [-0.2, 0) is 16.1 Å². The van der Waals surface area contributed by atoms with E-state index in [2.05, 4.69) is 0 Å². The summed E-state index contributed by atoms with van der Waals surface area (Å²) >= 11 is 0. The molecule has 1 N–H and O–H groups in total. The summed E-state index contributed by atoms with van der Waals surface area (Å²) in [5.74, 6) is -3.18. The zero-order chi connectivity index (χ0) is 17.1. The van der Waals surface area contributed by atoms with Gasteiger partial charge in [0.2, 0.25) is 5.78 Å². The quantitative estimate of drug-likeness (QED) is 0.430. The van der Waals surface area contributed by atoms with Gasteiger partial charge in [-0.3, -0.25) is 9.59 Å². The van der Waals surface area contributed by atoms with Crippen molar-refractivity contribution in [3.8, 4) is 0 Å². The van der Waals surface area contributed by atoms with Gasteiger partial charge in [0.15, 0.2) is 5.78 Å². The summed E-state index contributed by atoms with van der Waals surface area (Å²) in [6.45, 7) is 0.469. The fourth-order valence-corrected chi connectivity index (χ4v) is 2.69. The first-order chi connectivity index (χ1) is 11.6. The Morgan fingerprint density at radius 1 is 0.917 bits per heavy atom. The van der Waals surface area contributed by atoms with E-state index in [4.69, 9.17) is 5.11 Å². The molecule has 0 bridgehead atoms. The van der Waals surface area contributed by atoms with Crippen LogP contribution in [0.3, 0.4) is 0 Å². The van der Waals surface area contributed by atoms with Crippen molar-refractivity contribution in [2.45, 2.75) is 13.0 Å². The maximum atomic E-state index is 12.4. The Morgan fingerprint density at radius 3 is 2.29 bits per heavy atom. The fourth-order valence-electron chi connectivity index (χ4n) is 2.69. The lowest BCUT2D eigenvalue weighted by molar-refractivity contribution is -0.148. The summed E-state index contributed by atoms with van der Waals surface area (Å²) in [6.07, 6.45) is -0.638. The van der Waals surface area contributed by atoms with Gasteiger partial charge in [0.25, 0.3) is 0 Å². The summed E-state index contributed by atoms with van der Waals surface area (Å²) in [4.78, 5) is 34.5. The van der Waals surface area contributed by atoms with Crippen LogP contribution in [0.25, 0.3) is 10.9 Å². The summed E-state index contributed by atoms with van der Waals surface area (Å²) in [5.41, 5.74) is 2.22. The molecule has 0 aliphatic heterocycles. The number of carbonyl (C=O) groups excluding carboxylic acids is 2. The van der Waals surface area contributed by atoms with Crippen molar-refractivity contribution in [2.24, 2.45) is 0 Å². The third-order valence-electron chi connectivity index (χ3n) is 3.84. The van der Waals surface area contributed by atoms with Gasteiger partial charge in [-0.05, 0) is 17.7 Å². The van der Waals surface area contributed by atoms with E-state index in [9.17, 15) is 14.4 Å². The molecule has 0 aliphatic rings. The molecular formula is C19H15NO4. The molecule has 0 saturated heterocycles. The number of fused-ring (bicyclic) bond motifs is 1. The smallest absolute Gasteiger partial charge is 0.372 e. The molecule has 0 spiro atoms. The second-order valence-corrected chi connectivity index (χ2v) is 5.49. The number of hydrogen-bond donors (Lipinski definition) is 1. The molecule has 0 unspecified atom stereocenters. The van der Waals surface area contributed by atoms with E-state index >= 15 is 0 Å². The molecule has 24 heavy (non-hydrogen) atoms. The maximum Gasteiger partial charge on any atom is 0.372 e. The van der Waals surface area contributed by atoms with E-state index in [0.717, 1.165) is 16.5 Å². The average Bonchev–Trinajstić information content (AvgIpc) is 2.94. The number of carboxylic acid groups (broad SMARTS) is 1. The minimum absolute atomic E-state index is 0.342. The fraction of sp³-hybridized carbons (Fsp3) is 0.105. The summed E-state index contributed by atoms with van der Waals surface area (Å²) in [6, 6.07) is 18.9. The van der Waals surface area contributed by atoms with Crippen LogP contribution in [0, 0.1) is 0 Å².